The summed E-state index contributed by atoms with van der Waals surface area (Å²) in [6, 6.07) is 25.0. The van der Waals surface area contributed by atoms with Gasteiger partial charge >= 0.3 is 0 Å². The van der Waals surface area contributed by atoms with Crippen LogP contribution in [0.1, 0.15) is 10.8 Å². The molecule has 0 aliphatic heterocycles. The smallest absolute Gasteiger partial charge is 0.240 e. The number of carbonyl (C=O) groups excluding carboxylic acids is 1. The molecule has 3 aromatic carbocycles. The Bertz CT molecular complexity index is 1260. The molecule has 1 unspecified atom stereocenters. The van der Waals surface area contributed by atoms with E-state index in [4.69, 9.17) is 9.47 Å². The van der Waals surface area contributed by atoms with Gasteiger partial charge in [0, 0.05) is 14.1 Å². The van der Waals surface area contributed by atoms with Crippen molar-refractivity contribution in [3.05, 3.63) is 84.4 Å². The highest BCUT2D eigenvalue weighted by atomic mass is 32.2. The van der Waals surface area contributed by atoms with Gasteiger partial charge in [0.25, 0.3) is 0 Å². The molecule has 174 valence electrons. The summed E-state index contributed by atoms with van der Waals surface area (Å²) in [6.07, 6.45) is 0. The van der Waals surface area contributed by atoms with Crippen molar-refractivity contribution in [2.75, 3.05) is 28.3 Å². The Labute approximate surface area is 203 Å². The van der Waals surface area contributed by atoms with Crippen LogP contribution in [0.15, 0.2) is 84.0 Å². The molecule has 0 N–H and O–H groups in total. The van der Waals surface area contributed by atoms with Crippen molar-refractivity contribution in [2.45, 2.75) is 10.4 Å². The number of methoxy groups -OCH3 is 2. The van der Waals surface area contributed by atoms with Crippen LogP contribution in [0, 0.1) is 0 Å². The quantitative estimate of drug-likeness (QED) is 0.339. The molecular formula is C26H26N4O3S. The molecule has 4 aromatic rings. The summed E-state index contributed by atoms with van der Waals surface area (Å²) < 4.78 is 12.9. The maximum Gasteiger partial charge on any atom is 0.240 e. The molecule has 0 aliphatic rings. The normalized spacial score (nSPS) is 11.6. The molecule has 0 saturated carbocycles. The zero-order chi connectivity index (χ0) is 24.1. The Morgan fingerprint density at radius 3 is 2.21 bits per heavy atom. The van der Waals surface area contributed by atoms with Crippen molar-refractivity contribution in [3.63, 3.8) is 0 Å². The summed E-state index contributed by atoms with van der Waals surface area (Å²) in [5, 5.41) is 9.14. The maximum atomic E-state index is 13.2. The summed E-state index contributed by atoms with van der Waals surface area (Å²) in [4.78, 5) is 14.8. The van der Waals surface area contributed by atoms with Gasteiger partial charge in [-0.3, -0.25) is 9.36 Å². The summed E-state index contributed by atoms with van der Waals surface area (Å²) in [5.74, 6) is 2.02. The number of hydrogen-bond acceptors (Lipinski definition) is 6. The SMILES string of the molecule is COc1ccc(-n2c(SC(C(=O)N(C)C)c3ccccc3)nnc2-c2ccccc2OC)cc1. The van der Waals surface area contributed by atoms with Gasteiger partial charge in [-0.2, -0.15) is 0 Å². The van der Waals surface area contributed by atoms with E-state index in [2.05, 4.69) is 10.2 Å². The number of likely N-dealkylation sites (N-methyl/N-ethyl adjacent to an activating group) is 1. The fourth-order valence-corrected chi connectivity index (χ4v) is 4.74. The Hall–Kier alpha value is -3.78. The molecular weight excluding hydrogens is 448 g/mol. The first kappa shape index (κ1) is 23.4. The molecule has 0 spiro atoms. The van der Waals surface area contributed by atoms with Crippen molar-refractivity contribution in [1.82, 2.24) is 19.7 Å². The maximum absolute atomic E-state index is 13.2. The van der Waals surface area contributed by atoms with E-state index in [1.54, 1.807) is 33.2 Å². The topological polar surface area (TPSA) is 69.5 Å². The number of amides is 1. The lowest BCUT2D eigenvalue weighted by atomic mass is 10.1. The molecule has 7 nitrogen and oxygen atoms in total. The van der Waals surface area contributed by atoms with Crippen molar-refractivity contribution in [2.24, 2.45) is 0 Å². The Morgan fingerprint density at radius 2 is 1.56 bits per heavy atom. The van der Waals surface area contributed by atoms with Crippen molar-refractivity contribution < 1.29 is 14.3 Å². The highest BCUT2D eigenvalue weighted by Crippen LogP contribution is 2.39. The Morgan fingerprint density at radius 1 is 0.882 bits per heavy atom. The highest BCUT2D eigenvalue weighted by molar-refractivity contribution is 8.00. The number of ether oxygens (including phenoxy) is 2. The molecule has 0 saturated heterocycles. The molecule has 0 bridgehead atoms. The van der Waals surface area contributed by atoms with E-state index >= 15 is 0 Å². The zero-order valence-electron chi connectivity index (χ0n) is 19.5. The lowest BCUT2D eigenvalue weighted by Crippen LogP contribution is -2.27. The summed E-state index contributed by atoms with van der Waals surface area (Å²) in [7, 11) is 6.77. The minimum Gasteiger partial charge on any atom is -0.497 e. The van der Waals surface area contributed by atoms with Crippen LogP contribution in [-0.2, 0) is 4.79 Å². The average molecular weight is 475 g/mol. The van der Waals surface area contributed by atoms with Crippen LogP contribution in [-0.4, -0.2) is 53.9 Å². The minimum atomic E-state index is -0.483. The number of aromatic nitrogens is 3. The number of carbonyl (C=O) groups is 1. The Balaban J connectivity index is 1.86. The molecule has 0 aliphatic carbocycles. The fraction of sp³-hybridized carbons (Fsp3) is 0.192. The van der Waals surface area contributed by atoms with E-state index < -0.39 is 5.25 Å². The van der Waals surface area contributed by atoms with E-state index in [-0.39, 0.29) is 5.91 Å². The molecule has 34 heavy (non-hydrogen) atoms. The first-order valence-corrected chi connectivity index (χ1v) is 11.6. The van der Waals surface area contributed by atoms with Crippen LogP contribution < -0.4 is 9.47 Å². The van der Waals surface area contributed by atoms with E-state index in [0.29, 0.717) is 16.7 Å². The lowest BCUT2D eigenvalue weighted by molar-refractivity contribution is -0.128. The third kappa shape index (κ3) is 4.77. The molecule has 4 rings (SSSR count). The van der Waals surface area contributed by atoms with E-state index in [9.17, 15) is 4.79 Å². The molecule has 0 radical (unpaired) electrons. The molecule has 1 aromatic heterocycles. The predicted molar refractivity (Wildman–Crippen MR) is 134 cm³/mol. The standard InChI is InChI=1S/C26H26N4O3S/c1-29(2)25(31)23(18-10-6-5-7-11-18)34-26-28-27-24(21-12-8-9-13-22(21)33-4)30(26)19-14-16-20(32-3)17-15-19/h5-17,23H,1-4H3. The fourth-order valence-electron chi connectivity index (χ4n) is 3.54. The zero-order valence-corrected chi connectivity index (χ0v) is 20.3. The third-order valence-electron chi connectivity index (χ3n) is 5.30. The third-order valence-corrected chi connectivity index (χ3v) is 6.49. The predicted octanol–water partition coefficient (Wildman–Crippen LogP) is 4.87. The van der Waals surface area contributed by atoms with Crippen LogP contribution in [0.5, 0.6) is 11.5 Å². The van der Waals surface area contributed by atoms with Crippen molar-refractivity contribution in [1.29, 1.82) is 0 Å². The van der Waals surface area contributed by atoms with Gasteiger partial charge in [-0.05, 0) is 42.0 Å². The number of thioether (sulfide) groups is 1. The van der Waals surface area contributed by atoms with Crippen LogP contribution in [0.2, 0.25) is 0 Å². The highest BCUT2D eigenvalue weighted by Gasteiger charge is 2.28. The number of para-hydroxylation sites is 1. The summed E-state index contributed by atoms with van der Waals surface area (Å²) in [5.41, 5.74) is 2.54. The van der Waals surface area contributed by atoms with Crippen molar-refractivity contribution in [3.8, 4) is 28.6 Å². The molecule has 0 fully saturated rings. The first-order chi connectivity index (χ1) is 16.5. The largest absolute Gasteiger partial charge is 0.497 e. The second kappa shape index (κ2) is 10.4. The van der Waals surface area contributed by atoms with Gasteiger partial charge < -0.3 is 14.4 Å². The number of rotatable bonds is 8. The number of nitrogens with zero attached hydrogens (tertiary/aromatic N) is 4. The summed E-state index contributed by atoms with van der Waals surface area (Å²) in [6.45, 7) is 0. The second-order valence-electron chi connectivity index (χ2n) is 7.68. The van der Waals surface area contributed by atoms with Crippen LogP contribution in [0.3, 0.4) is 0 Å². The van der Waals surface area contributed by atoms with E-state index in [1.807, 2.05) is 83.4 Å². The molecule has 8 heteroatoms. The van der Waals surface area contributed by atoms with Gasteiger partial charge in [-0.25, -0.2) is 0 Å². The molecule has 1 heterocycles. The summed E-state index contributed by atoms with van der Waals surface area (Å²) >= 11 is 1.36. The van der Waals surface area contributed by atoms with E-state index in [1.165, 1.54) is 11.8 Å². The van der Waals surface area contributed by atoms with Crippen LogP contribution in [0.4, 0.5) is 0 Å². The Kier molecular flexibility index (Phi) is 7.18. The van der Waals surface area contributed by atoms with E-state index in [0.717, 1.165) is 22.6 Å². The van der Waals surface area contributed by atoms with Gasteiger partial charge in [0.1, 0.15) is 16.7 Å². The van der Waals surface area contributed by atoms with Gasteiger partial charge in [0.15, 0.2) is 11.0 Å². The lowest BCUT2D eigenvalue weighted by Gasteiger charge is -2.21. The molecule has 1 amide bonds. The van der Waals surface area contributed by atoms with Gasteiger partial charge in [0.2, 0.25) is 5.91 Å². The van der Waals surface area contributed by atoms with Crippen LogP contribution in [0.25, 0.3) is 17.1 Å². The van der Waals surface area contributed by atoms with Gasteiger partial charge in [-0.1, -0.05) is 54.2 Å². The number of benzene rings is 3. The molecule has 1 atom stereocenters. The van der Waals surface area contributed by atoms with Gasteiger partial charge in [-0.15, -0.1) is 10.2 Å². The van der Waals surface area contributed by atoms with Crippen LogP contribution >= 0.6 is 11.8 Å². The van der Waals surface area contributed by atoms with Gasteiger partial charge in [0.05, 0.1) is 25.5 Å². The first-order valence-electron chi connectivity index (χ1n) is 10.7. The minimum absolute atomic E-state index is 0.0284. The average Bonchev–Trinajstić information content (AvgIpc) is 3.30. The number of hydrogen-bond donors (Lipinski definition) is 0. The monoisotopic (exact) mass is 474 g/mol. The second-order valence-corrected chi connectivity index (χ2v) is 8.75. The van der Waals surface area contributed by atoms with Crippen molar-refractivity contribution >= 4 is 17.7 Å².